The highest BCUT2D eigenvalue weighted by Crippen LogP contribution is 2.35. The summed E-state index contributed by atoms with van der Waals surface area (Å²) in [7, 11) is 0. The van der Waals surface area contributed by atoms with Crippen LogP contribution in [0.2, 0.25) is 5.02 Å². The monoisotopic (exact) mass is 312 g/mol. The van der Waals surface area contributed by atoms with Crippen molar-refractivity contribution in [2.45, 2.75) is 4.90 Å². The molecule has 2 aromatic rings. The summed E-state index contributed by atoms with van der Waals surface area (Å²) in [6, 6.07) is 14.2. The van der Waals surface area contributed by atoms with Crippen molar-refractivity contribution in [3.8, 4) is 11.1 Å². The number of hydrogen-bond donors (Lipinski definition) is 0. The van der Waals surface area contributed by atoms with E-state index in [4.69, 9.17) is 11.6 Å². The molecule has 0 heterocycles. The Balaban J connectivity index is 2.60. The standard InChI is InChI=1S/C13H10BrClS/c1-16-13-8-9(14)6-7-11(13)10-4-2-3-5-12(10)15/h2-8H,1H3. The first-order valence-electron chi connectivity index (χ1n) is 4.81. The molecule has 0 atom stereocenters. The van der Waals surface area contributed by atoms with Crippen molar-refractivity contribution < 1.29 is 0 Å². The van der Waals surface area contributed by atoms with Gasteiger partial charge in [-0.3, -0.25) is 0 Å². The highest BCUT2D eigenvalue weighted by Gasteiger charge is 2.07. The molecule has 3 heteroatoms. The van der Waals surface area contributed by atoms with Crippen molar-refractivity contribution in [3.05, 3.63) is 52.0 Å². The third kappa shape index (κ3) is 2.45. The number of benzene rings is 2. The second kappa shape index (κ2) is 5.26. The maximum atomic E-state index is 6.21. The Kier molecular flexibility index (Phi) is 3.95. The summed E-state index contributed by atoms with van der Waals surface area (Å²) in [6.45, 7) is 0. The summed E-state index contributed by atoms with van der Waals surface area (Å²) < 4.78 is 1.09. The fourth-order valence-corrected chi connectivity index (χ4v) is 2.96. The lowest BCUT2D eigenvalue weighted by molar-refractivity contribution is 1.42. The fourth-order valence-electron chi connectivity index (χ4n) is 1.57. The number of rotatable bonds is 2. The second-order valence-corrected chi connectivity index (χ2v) is 5.50. The van der Waals surface area contributed by atoms with Crippen molar-refractivity contribution in [2.75, 3.05) is 6.26 Å². The fraction of sp³-hybridized carbons (Fsp3) is 0.0769. The summed E-state index contributed by atoms with van der Waals surface area (Å²) in [4.78, 5) is 1.22. The van der Waals surface area contributed by atoms with Crippen LogP contribution in [0.4, 0.5) is 0 Å². The largest absolute Gasteiger partial charge is 0.129 e. The van der Waals surface area contributed by atoms with Gasteiger partial charge >= 0.3 is 0 Å². The molecular formula is C13H10BrClS. The van der Waals surface area contributed by atoms with Gasteiger partial charge in [-0.25, -0.2) is 0 Å². The molecule has 0 fully saturated rings. The Morgan fingerprint density at radius 1 is 1.06 bits per heavy atom. The molecular weight excluding hydrogens is 304 g/mol. The maximum absolute atomic E-state index is 6.21. The summed E-state index contributed by atoms with van der Waals surface area (Å²) in [5.41, 5.74) is 2.27. The van der Waals surface area contributed by atoms with Gasteiger partial charge in [0.2, 0.25) is 0 Å². The smallest absolute Gasteiger partial charge is 0.0484 e. The number of halogens is 2. The highest BCUT2D eigenvalue weighted by atomic mass is 79.9. The van der Waals surface area contributed by atoms with Gasteiger partial charge in [-0.1, -0.05) is 51.8 Å². The van der Waals surface area contributed by atoms with Crippen LogP contribution >= 0.6 is 39.3 Å². The Hall–Kier alpha value is -0.440. The molecule has 82 valence electrons. The van der Waals surface area contributed by atoms with Crippen LogP contribution in [0.3, 0.4) is 0 Å². The molecule has 0 unspecified atom stereocenters. The lowest BCUT2D eigenvalue weighted by Crippen LogP contribution is -1.83. The SMILES string of the molecule is CSc1cc(Br)ccc1-c1ccccc1Cl. The van der Waals surface area contributed by atoms with Gasteiger partial charge in [0.25, 0.3) is 0 Å². The molecule has 0 saturated heterocycles. The first-order chi connectivity index (χ1) is 7.72. The molecule has 0 radical (unpaired) electrons. The van der Waals surface area contributed by atoms with Crippen LogP contribution in [0.25, 0.3) is 11.1 Å². The summed E-state index contributed by atoms with van der Waals surface area (Å²) in [5, 5.41) is 0.792. The van der Waals surface area contributed by atoms with Crippen LogP contribution in [-0.2, 0) is 0 Å². The summed E-state index contributed by atoms with van der Waals surface area (Å²) >= 11 is 11.4. The Morgan fingerprint density at radius 2 is 1.81 bits per heavy atom. The predicted octanol–water partition coefficient (Wildman–Crippen LogP) is 5.49. The maximum Gasteiger partial charge on any atom is 0.0484 e. The van der Waals surface area contributed by atoms with Crippen molar-refractivity contribution >= 4 is 39.3 Å². The van der Waals surface area contributed by atoms with E-state index >= 15 is 0 Å². The minimum Gasteiger partial charge on any atom is -0.129 e. The predicted molar refractivity (Wildman–Crippen MR) is 76.4 cm³/mol. The molecule has 0 N–H and O–H groups in total. The topological polar surface area (TPSA) is 0 Å². The first kappa shape index (κ1) is 12.0. The van der Waals surface area contributed by atoms with Gasteiger partial charge in [0.1, 0.15) is 0 Å². The molecule has 0 amide bonds. The average Bonchev–Trinajstić information content (AvgIpc) is 2.30. The van der Waals surface area contributed by atoms with Crippen molar-refractivity contribution in [1.29, 1.82) is 0 Å². The minimum absolute atomic E-state index is 0.792. The zero-order valence-corrected chi connectivity index (χ0v) is 11.9. The van der Waals surface area contributed by atoms with Crippen molar-refractivity contribution in [1.82, 2.24) is 0 Å². The molecule has 2 rings (SSSR count). The lowest BCUT2D eigenvalue weighted by Gasteiger charge is -2.09. The van der Waals surface area contributed by atoms with Gasteiger partial charge in [0, 0.05) is 20.0 Å². The summed E-state index contributed by atoms with van der Waals surface area (Å²) in [6.07, 6.45) is 2.07. The number of hydrogen-bond acceptors (Lipinski definition) is 1. The second-order valence-electron chi connectivity index (χ2n) is 3.32. The van der Waals surface area contributed by atoms with Gasteiger partial charge < -0.3 is 0 Å². The van der Waals surface area contributed by atoms with Crippen LogP contribution < -0.4 is 0 Å². The Morgan fingerprint density at radius 3 is 2.50 bits per heavy atom. The van der Waals surface area contributed by atoms with Gasteiger partial charge in [-0.2, -0.15) is 0 Å². The quantitative estimate of drug-likeness (QED) is 0.660. The van der Waals surface area contributed by atoms with E-state index in [0.717, 1.165) is 15.1 Å². The van der Waals surface area contributed by atoms with E-state index in [-0.39, 0.29) is 0 Å². The molecule has 0 bridgehead atoms. The van der Waals surface area contributed by atoms with E-state index < -0.39 is 0 Å². The zero-order valence-electron chi connectivity index (χ0n) is 8.71. The van der Waals surface area contributed by atoms with Crippen LogP contribution in [0, 0.1) is 0 Å². The molecule has 0 aromatic heterocycles. The van der Waals surface area contributed by atoms with Crippen molar-refractivity contribution in [3.63, 3.8) is 0 Å². The molecule has 0 aliphatic heterocycles. The third-order valence-electron chi connectivity index (χ3n) is 2.33. The van der Waals surface area contributed by atoms with E-state index in [1.54, 1.807) is 11.8 Å². The average molecular weight is 314 g/mol. The molecule has 0 aliphatic rings. The van der Waals surface area contributed by atoms with Gasteiger partial charge in [0.05, 0.1) is 0 Å². The van der Waals surface area contributed by atoms with E-state index in [2.05, 4.69) is 34.3 Å². The van der Waals surface area contributed by atoms with Crippen LogP contribution in [0.5, 0.6) is 0 Å². The van der Waals surface area contributed by atoms with Gasteiger partial charge in [-0.15, -0.1) is 11.8 Å². The van der Waals surface area contributed by atoms with Crippen LogP contribution in [-0.4, -0.2) is 6.26 Å². The zero-order chi connectivity index (χ0) is 11.5. The molecule has 0 spiro atoms. The first-order valence-corrected chi connectivity index (χ1v) is 7.20. The van der Waals surface area contributed by atoms with Crippen molar-refractivity contribution in [2.24, 2.45) is 0 Å². The van der Waals surface area contributed by atoms with E-state index in [1.165, 1.54) is 10.5 Å². The molecule has 0 aliphatic carbocycles. The lowest BCUT2D eigenvalue weighted by atomic mass is 10.1. The van der Waals surface area contributed by atoms with E-state index in [9.17, 15) is 0 Å². The third-order valence-corrected chi connectivity index (χ3v) is 3.93. The minimum atomic E-state index is 0.792. The normalized spacial score (nSPS) is 10.4. The Bertz CT molecular complexity index is 511. The molecule has 2 aromatic carbocycles. The van der Waals surface area contributed by atoms with Gasteiger partial charge in [0.15, 0.2) is 0 Å². The molecule has 16 heavy (non-hydrogen) atoms. The number of thioether (sulfide) groups is 1. The molecule has 0 saturated carbocycles. The Labute approximate surface area is 113 Å². The van der Waals surface area contributed by atoms with E-state index in [1.807, 2.05) is 30.3 Å². The highest BCUT2D eigenvalue weighted by molar-refractivity contribution is 9.10. The van der Waals surface area contributed by atoms with Gasteiger partial charge in [-0.05, 0) is 30.0 Å². The molecule has 0 nitrogen and oxygen atoms in total. The van der Waals surface area contributed by atoms with E-state index in [0.29, 0.717) is 0 Å². The van der Waals surface area contributed by atoms with Crippen LogP contribution in [0.15, 0.2) is 51.8 Å². The van der Waals surface area contributed by atoms with Crippen LogP contribution in [0.1, 0.15) is 0 Å². The summed E-state index contributed by atoms with van der Waals surface area (Å²) in [5.74, 6) is 0.